The second-order valence-corrected chi connectivity index (χ2v) is 6.45. The molecule has 1 saturated heterocycles. The highest BCUT2D eigenvalue weighted by Gasteiger charge is 2.38. The second-order valence-electron chi connectivity index (χ2n) is 6.45. The van der Waals surface area contributed by atoms with E-state index in [0.717, 1.165) is 32.3 Å². The van der Waals surface area contributed by atoms with Crippen molar-refractivity contribution in [1.82, 2.24) is 10.6 Å². The molecule has 120 valence electrons. The van der Waals surface area contributed by atoms with Crippen molar-refractivity contribution in [2.24, 2.45) is 17.6 Å². The molecular weight excluding hydrogens is 270 g/mol. The summed E-state index contributed by atoms with van der Waals surface area (Å²) in [6.45, 7) is 4.55. The van der Waals surface area contributed by atoms with Crippen molar-refractivity contribution < 1.29 is 14.3 Å². The number of hydrogen-bond acceptors (Lipinski definition) is 4. The lowest BCUT2D eigenvalue weighted by Crippen LogP contribution is -2.51. The molecule has 1 aliphatic heterocycles. The summed E-state index contributed by atoms with van der Waals surface area (Å²) >= 11 is 0. The largest absolute Gasteiger partial charge is 0.378 e. The van der Waals surface area contributed by atoms with E-state index >= 15 is 0 Å². The van der Waals surface area contributed by atoms with E-state index in [-0.39, 0.29) is 30.3 Å². The molecular formula is C15H27N3O3. The van der Waals surface area contributed by atoms with Gasteiger partial charge in [-0.3, -0.25) is 9.59 Å². The van der Waals surface area contributed by atoms with Crippen molar-refractivity contribution >= 4 is 11.8 Å². The fourth-order valence-electron chi connectivity index (χ4n) is 3.20. The molecule has 4 N–H and O–H groups in total. The Bertz CT molecular complexity index is 386. The average molecular weight is 297 g/mol. The lowest BCUT2D eigenvalue weighted by molar-refractivity contribution is -0.128. The van der Waals surface area contributed by atoms with E-state index in [0.29, 0.717) is 12.0 Å². The van der Waals surface area contributed by atoms with Gasteiger partial charge >= 0.3 is 0 Å². The van der Waals surface area contributed by atoms with Crippen LogP contribution in [0.3, 0.4) is 0 Å². The molecule has 6 nitrogen and oxygen atoms in total. The summed E-state index contributed by atoms with van der Waals surface area (Å²) in [4.78, 5) is 23.7. The Labute approximate surface area is 126 Å². The van der Waals surface area contributed by atoms with Crippen LogP contribution >= 0.6 is 0 Å². The molecule has 0 aromatic carbocycles. The zero-order chi connectivity index (χ0) is 15.4. The predicted octanol–water partition coefficient (Wildman–Crippen LogP) is 0.160. The molecule has 21 heavy (non-hydrogen) atoms. The molecule has 0 aromatic rings. The molecule has 6 heteroatoms. The van der Waals surface area contributed by atoms with E-state index in [1.807, 2.05) is 13.8 Å². The number of carbonyl (C=O) groups excluding carboxylic acids is 2. The molecule has 2 fully saturated rings. The molecule has 2 aliphatic rings. The smallest absolute Gasteiger partial charge is 0.239 e. The van der Waals surface area contributed by atoms with Crippen molar-refractivity contribution in [3.8, 4) is 0 Å². The number of nitrogens with one attached hydrogen (secondary N) is 2. The van der Waals surface area contributed by atoms with Crippen molar-refractivity contribution in [3.63, 3.8) is 0 Å². The Morgan fingerprint density at radius 2 is 2.05 bits per heavy atom. The van der Waals surface area contributed by atoms with Crippen LogP contribution in [-0.2, 0) is 14.3 Å². The zero-order valence-corrected chi connectivity index (χ0v) is 12.9. The maximum atomic E-state index is 12.0. The molecule has 1 heterocycles. The highest BCUT2D eigenvalue weighted by Crippen LogP contribution is 2.34. The third kappa shape index (κ3) is 4.17. The van der Waals surface area contributed by atoms with E-state index in [1.54, 1.807) is 0 Å². The van der Waals surface area contributed by atoms with Crippen LogP contribution < -0.4 is 16.4 Å². The van der Waals surface area contributed by atoms with Crippen LogP contribution in [0, 0.1) is 11.8 Å². The van der Waals surface area contributed by atoms with Gasteiger partial charge in [0.05, 0.1) is 18.7 Å². The van der Waals surface area contributed by atoms with Crippen molar-refractivity contribution in [3.05, 3.63) is 0 Å². The van der Waals surface area contributed by atoms with Gasteiger partial charge in [-0.2, -0.15) is 0 Å². The first kappa shape index (κ1) is 16.2. The Kier molecular flexibility index (Phi) is 5.58. The summed E-state index contributed by atoms with van der Waals surface area (Å²) in [5, 5.41) is 5.64. The molecule has 0 bridgehead atoms. The van der Waals surface area contributed by atoms with Crippen LogP contribution in [0.25, 0.3) is 0 Å². The molecule has 1 aliphatic carbocycles. The van der Waals surface area contributed by atoms with Gasteiger partial charge in [-0.15, -0.1) is 0 Å². The van der Waals surface area contributed by atoms with E-state index in [4.69, 9.17) is 10.5 Å². The highest BCUT2D eigenvalue weighted by atomic mass is 16.5. The molecule has 1 saturated carbocycles. The summed E-state index contributed by atoms with van der Waals surface area (Å²) < 4.78 is 5.69. The lowest BCUT2D eigenvalue weighted by Gasteiger charge is -2.33. The van der Waals surface area contributed by atoms with Crippen LogP contribution in [0.15, 0.2) is 0 Å². The summed E-state index contributed by atoms with van der Waals surface area (Å²) in [6, 6.07) is -0.394. The number of ether oxygens (including phenoxy) is 1. The average Bonchev–Trinajstić information content (AvgIpc) is 2.93. The molecule has 0 aromatic heterocycles. The summed E-state index contributed by atoms with van der Waals surface area (Å²) in [5.41, 5.74) is 5.74. The third-order valence-corrected chi connectivity index (χ3v) is 4.57. The van der Waals surface area contributed by atoms with Crippen molar-refractivity contribution in [1.29, 1.82) is 0 Å². The SMILES string of the molecule is CC(C)[C@H](N)C(=O)NCC(=O)NC1CCCC2OCCC12. The van der Waals surface area contributed by atoms with E-state index in [1.165, 1.54) is 0 Å². The second kappa shape index (κ2) is 7.22. The molecule has 0 spiro atoms. The minimum absolute atomic E-state index is 0.00596. The number of nitrogens with two attached hydrogens (primary N) is 1. The first-order valence-electron chi connectivity index (χ1n) is 7.93. The lowest BCUT2D eigenvalue weighted by atomic mass is 9.82. The predicted molar refractivity (Wildman–Crippen MR) is 79.5 cm³/mol. The van der Waals surface area contributed by atoms with Gasteiger partial charge in [-0.1, -0.05) is 13.8 Å². The van der Waals surface area contributed by atoms with E-state index in [2.05, 4.69) is 10.6 Å². The third-order valence-electron chi connectivity index (χ3n) is 4.57. The molecule has 2 amide bonds. The quantitative estimate of drug-likeness (QED) is 0.674. The maximum absolute atomic E-state index is 12.0. The van der Waals surface area contributed by atoms with Crippen LogP contribution in [-0.4, -0.2) is 43.2 Å². The number of amides is 2. The van der Waals surface area contributed by atoms with Crippen molar-refractivity contribution in [2.75, 3.05) is 13.2 Å². The minimum atomic E-state index is -0.569. The molecule has 0 radical (unpaired) electrons. The number of rotatable bonds is 5. The maximum Gasteiger partial charge on any atom is 0.239 e. The monoisotopic (exact) mass is 297 g/mol. The number of carbonyl (C=O) groups is 2. The fourth-order valence-corrected chi connectivity index (χ4v) is 3.20. The number of fused-ring (bicyclic) bond motifs is 1. The first-order chi connectivity index (χ1) is 9.99. The van der Waals surface area contributed by atoms with Gasteiger partial charge in [0.15, 0.2) is 0 Å². The molecule has 2 rings (SSSR count). The summed E-state index contributed by atoms with van der Waals surface area (Å²) in [6.07, 6.45) is 4.48. The first-order valence-corrected chi connectivity index (χ1v) is 7.93. The summed E-state index contributed by atoms with van der Waals surface area (Å²) in [7, 11) is 0. The van der Waals surface area contributed by atoms with E-state index in [9.17, 15) is 9.59 Å². The van der Waals surface area contributed by atoms with Crippen LogP contribution in [0.1, 0.15) is 39.5 Å². The van der Waals surface area contributed by atoms with Gasteiger partial charge in [0, 0.05) is 18.6 Å². The normalized spacial score (nSPS) is 29.8. The van der Waals surface area contributed by atoms with Gasteiger partial charge in [0.2, 0.25) is 11.8 Å². The van der Waals surface area contributed by atoms with E-state index < -0.39 is 6.04 Å². The number of hydrogen-bond donors (Lipinski definition) is 3. The Balaban J connectivity index is 1.75. The standard InChI is InChI=1S/C15H27N3O3/c1-9(2)14(16)15(20)17-8-13(19)18-11-4-3-5-12-10(11)6-7-21-12/h9-12,14H,3-8,16H2,1-2H3,(H,17,20)(H,18,19)/t10?,11?,12?,14-/m0/s1. The van der Waals surface area contributed by atoms with Gasteiger partial charge in [0.1, 0.15) is 0 Å². The minimum Gasteiger partial charge on any atom is -0.378 e. The topological polar surface area (TPSA) is 93.5 Å². The van der Waals surface area contributed by atoms with Gasteiger partial charge in [-0.25, -0.2) is 0 Å². The molecule has 3 unspecified atom stereocenters. The molecule has 4 atom stereocenters. The Hall–Kier alpha value is -1.14. The Morgan fingerprint density at radius 3 is 2.76 bits per heavy atom. The van der Waals surface area contributed by atoms with Gasteiger partial charge in [-0.05, 0) is 31.6 Å². The van der Waals surface area contributed by atoms with Gasteiger partial charge in [0.25, 0.3) is 0 Å². The van der Waals surface area contributed by atoms with Crippen molar-refractivity contribution in [2.45, 2.75) is 57.7 Å². The Morgan fingerprint density at radius 1 is 1.29 bits per heavy atom. The van der Waals surface area contributed by atoms with Crippen LogP contribution in [0.2, 0.25) is 0 Å². The highest BCUT2D eigenvalue weighted by molar-refractivity contribution is 5.87. The van der Waals surface area contributed by atoms with Crippen LogP contribution in [0.4, 0.5) is 0 Å². The van der Waals surface area contributed by atoms with Gasteiger partial charge < -0.3 is 21.1 Å². The zero-order valence-electron chi connectivity index (χ0n) is 12.9. The van der Waals surface area contributed by atoms with Crippen LogP contribution in [0.5, 0.6) is 0 Å². The fraction of sp³-hybridized carbons (Fsp3) is 0.867. The summed E-state index contributed by atoms with van der Waals surface area (Å²) in [5.74, 6) is 0.0712.